The summed E-state index contributed by atoms with van der Waals surface area (Å²) in [6, 6.07) is 8.26. The molecule has 0 saturated heterocycles. The van der Waals surface area contributed by atoms with Crippen LogP contribution >= 0.6 is 0 Å². The van der Waals surface area contributed by atoms with Crippen LogP contribution in [-0.4, -0.2) is 19.0 Å². The Labute approximate surface area is 103 Å². The normalized spacial score (nSPS) is 16.4. The number of carbonyl (C=O) groups is 1. The van der Waals surface area contributed by atoms with Gasteiger partial charge in [-0.3, -0.25) is 4.79 Å². The Bertz CT molecular complexity index is 399. The molecule has 1 fully saturated rings. The standard InChI is InChI=1S/C14H20N2O/c1-3-13(10-7-8-10)16-12-6-4-5-11(9-12)14(17)15-2/h4-6,9-10,13,16H,3,7-8H2,1-2H3,(H,15,17). The highest BCUT2D eigenvalue weighted by Gasteiger charge is 2.29. The minimum absolute atomic E-state index is 0.0341. The maximum absolute atomic E-state index is 11.5. The van der Waals surface area contributed by atoms with Crippen LogP contribution in [0.4, 0.5) is 5.69 Å². The summed E-state index contributed by atoms with van der Waals surface area (Å²) in [7, 11) is 1.65. The lowest BCUT2D eigenvalue weighted by atomic mass is 10.1. The van der Waals surface area contributed by atoms with Crippen molar-refractivity contribution in [3.63, 3.8) is 0 Å². The molecule has 0 aromatic heterocycles. The van der Waals surface area contributed by atoms with Crippen molar-refractivity contribution in [3.8, 4) is 0 Å². The zero-order valence-electron chi connectivity index (χ0n) is 10.5. The minimum atomic E-state index is -0.0341. The van der Waals surface area contributed by atoms with Gasteiger partial charge in [-0.05, 0) is 43.4 Å². The van der Waals surface area contributed by atoms with Crippen LogP contribution in [0, 0.1) is 5.92 Å². The first-order valence-electron chi connectivity index (χ1n) is 6.33. The number of hydrogen-bond acceptors (Lipinski definition) is 2. The monoisotopic (exact) mass is 232 g/mol. The number of nitrogens with one attached hydrogen (secondary N) is 2. The van der Waals surface area contributed by atoms with Crippen LogP contribution in [0.3, 0.4) is 0 Å². The van der Waals surface area contributed by atoms with E-state index in [1.807, 2.05) is 24.3 Å². The number of rotatable bonds is 5. The quantitative estimate of drug-likeness (QED) is 0.819. The van der Waals surface area contributed by atoms with Crippen LogP contribution in [0.1, 0.15) is 36.5 Å². The summed E-state index contributed by atoms with van der Waals surface area (Å²) in [4.78, 5) is 11.5. The van der Waals surface area contributed by atoms with E-state index in [1.54, 1.807) is 7.05 Å². The van der Waals surface area contributed by atoms with E-state index < -0.39 is 0 Å². The molecule has 1 atom stereocenters. The fraction of sp³-hybridized carbons (Fsp3) is 0.500. The molecule has 92 valence electrons. The molecule has 1 aliphatic carbocycles. The van der Waals surface area contributed by atoms with Gasteiger partial charge in [0.1, 0.15) is 0 Å². The first kappa shape index (κ1) is 12.0. The predicted octanol–water partition coefficient (Wildman–Crippen LogP) is 2.65. The molecule has 1 saturated carbocycles. The van der Waals surface area contributed by atoms with Crippen molar-refractivity contribution in [3.05, 3.63) is 29.8 Å². The molecular formula is C14H20N2O. The molecule has 2 N–H and O–H groups in total. The van der Waals surface area contributed by atoms with E-state index in [2.05, 4.69) is 17.6 Å². The lowest BCUT2D eigenvalue weighted by Crippen LogP contribution is -2.21. The molecule has 0 heterocycles. The Morgan fingerprint density at radius 1 is 1.47 bits per heavy atom. The van der Waals surface area contributed by atoms with Crippen LogP contribution in [0.15, 0.2) is 24.3 Å². The first-order valence-corrected chi connectivity index (χ1v) is 6.33. The molecule has 1 aromatic carbocycles. The van der Waals surface area contributed by atoms with Crippen LogP contribution in [0.5, 0.6) is 0 Å². The average Bonchev–Trinajstić information content (AvgIpc) is 3.19. The lowest BCUT2D eigenvalue weighted by molar-refractivity contribution is 0.0963. The van der Waals surface area contributed by atoms with Crippen molar-refractivity contribution in [2.75, 3.05) is 12.4 Å². The summed E-state index contributed by atoms with van der Waals surface area (Å²) < 4.78 is 0. The van der Waals surface area contributed by atoms with Crippen LogP contribution in [0.25, 0.3) is 0 Å². The molecule has 1 unspecified atom stereocenters. The summed E-state index contributed by atoms with van der Waals surface area (Å²) in [5.74, 6) is 0.789. The molecule has 0 aliphatic heterocycles. The van der Waals surface area contributed by atoms with Crippen molar-refractivity contribution >= 4 is 11.6 Å². The topological polar surface area (TPSA) is 41.1 Å². The van der Waals surface area contributed by atoms with Crippen molar-refractivity contribution in [1.29, 1.82) is 0 Å². The second-order valence-electron chi connectivity index (χ2n) is 4.66. The maximum atomic E-state index is 11.5. The number of carbonyl (C=O) groups excluding carboxylic acids is 1. The Morgan fingerprint density at radius 3 is 2.82 bits per heavy atom. The van der Waals surface area contributed by atoms with Crippen molar-refractivity contribution < 1.29 is 4.79 Å². The minimum Gasteiger partial charge on any atom is -0.382 e. The average molecular weight is 232 g/mol. The third-order valence-corrected chi connectivity index (χ3v) is 3.33. The highest BCUT2D eigenvalue weighted by Crippen LogP contribution is 2.35. The first-order chi connectivity index (χ1) is 8.24. The molecule has 1 amide bonds. The maximum Gasteiger partial charge on any atom is 0.251 e. The fourth-order valence-corrected chi connectivity index (χ4v) is 2.16. The van der Waals surface area contributed by atoms with Crippen molar-refractivity contribution in [2.45, 2.75) is 32.2 Å². The summed E-state index contributed by atoms with van der Waals surface area (Å²) in [5.41, 5.74) is 1.76. The van der Waals surface area contributed by atoms with Gasteiger partial charge in [0.15, 0.2) is 0 Å². The number of benzene rings is 1. The van der Waals surface area contributed by atoms with E-state index >= 15 is 0 Å². The Balaban J connectivity index is 2.07. The SMILES string of the molecule is CCC(Nc1cccc(C(=O)NC)c1)C1CC1. The van der Waals surface area contributed by atoms with E-state index in [4.69, 9.17) is 0 Å². The third kappa shape index (κ3) is 2.99. The zero-order valence-corrected chi connectivity index (χ0v) is 10.5. The molecule has 1 aromatic rings. The summed E-state index contributed by atoms with van der Waals surface area (Å²) in [5, 5.41) is 6.17. The summed E-state index contributed by atoms with van der Waals surface area (Å²) in [6.07, 6.45) is 3.80. The van der Waals surface area contributed by atoms with Crippen LogP contribution < -0.4 is 10.6 Å². The fourth-order valence-electron chi connectivity index (χ4n) is 2.16. The highest BCUT2D eigenvalue weighted by molar-refractivity contribution is 5.94. The predicted molar refractivity (Wildman–Crippen MR) is 70.3 cm³/mol. The molecule has 0 bridgehead atoms. The number of hydrogen-bond donors (Lipinski definition) is 2. The molecular weight excluding hydrogens is 212 g/mol. The van der Waals surface area contributed by atoms with Gasteiger partial charge in [-0.2, -0.15) is 0 Å². The van der Waals surface area contributed by atoms with E-state index in [1.165, 1.54) is 12.8 Å². The lowest BCUT2D eigenvalue weighted by Gasteiger charge is -2.18. The highest BCUT2D eigenvalue weighted by atomic mass is 16.1. The molecule has 3 heteroatoms. The van der Waals surface area contributed by atoms with Gasteiger partial charge in [-0.15, -0.1) is 0 Å². The Kier molecular flexibility index (Phi) is 3.67. The van der Waals surface area contributed by atoms with Crippen LogP contribution in [-0.2, 0) is 0 Å². The number of anilines is 1. The molecule has 0 spiro atoms. The van der Waals surface area contributed by atoms with Gasteiger partial charge >= 0.3 is 0 Å². The molecule has 0 radical (unpaired) electrons. The molecule has 3 nitrogen and oxygen atoms in total. The van der Waals surface area contributed by atoms with Crippen molar-refractivity contribution in [1.82, 2.24) is 5.32 Å². The van der Waals surface area contributed by atoms with E-state index in [9.17, 15) is 4.79 Å². The van der Waals surface area contributed by atoms with E-state index in [0.717, 1.165) is 18.0 Å². The van der Waals surface area contributed by atoms with Gasteiger partial charge < -0.3 is 10.6 Å². The van der Waals surface area contributed by atoms with Crippen molar-refractivity contribution in [2.24, 2.45) is 5.92 Å². The second kappa shape index (κ2) is 5.21. The van der Waals surface area contributed by atoms with Gasteiger partial charge in [-0.25, -0.2) is 0 Å². The number of amides is 1. The molecule has 2 rings (SSSR count). The largest absolute Gasteiger partial charge is 0.382 e. The molecule has 1 aliphatic rings. The Morgan fingerprint density at radius 2 is 2.24 bits per heavy atom. The molecule has 17 heavy (non-hydrogen) atoms. The van der Waals surface area contributed by atoms with Gasteiger partial charge in [0.25, 0.3) is 5.91 Å². The summed E-state index contributed by atoms with van der Waals surface area (Å²) in [6.45, 7) is 2.21. The summed E-state index contributed by atoms with van der Waals surface area (Å²) >= 11 is 0. The smallest absolute Gasteiger partial charge is 0.251 e. The third-order valence-electron chi connectivity index (χ3n) is 3.33. The van der Waals surface area contributed by atoms with E-state index in [-0.39, 0.29) is 5.91 Å². The van der Waals surface area contributed by atoms with E-state index in [0.29, 0.717) is 11.6 Å². The zero-order chi connectivity index (χ0) is 12.3. The second-order valence-corrected chi connectivity index (χ2v) is 4.66. The Hall–Kier alpha value is -1.51. The van der Waals surface area contributed by atoms with Gasteiger partial charge in [0.05, 0.1) is 0 Å². The van der Waals surface area contributed by atoms with Crippen LogP contribution in [0.2, 0.25) is 0 Å². The van der Waals surface area contributed by atoms with Gasteiger partial charge in [-0.1, -0.05) is 13.0 Å². The van der Waals surface area contributed by atoms with Gasteiger partial charge in [0, 0.05) is 24.3 Å². The van der Waals surface area contributed by atoms with Gasteiger partial charge in [0.2, 0.25) is 0 Å².